The van der Waals surface area contributed by atoms with Gasteiger partial charge in [0.15, 0.2) is 10.6 Å². The van der Waals surface area contributed by atoms with Gasteiger partial charge in [0.05, 0.1) is 11.8 Å². The lowest BCUT2D eigenvalue weighted by molar-refractivity contribution is 0.569. The van der Waals surface area contributed by atoms with E-state index < -0.39 is 0 Å². The molecule has 1 saturated carbocycles. The van der Waals surface area contributed by atoms with Crippen LogP contribution >= 0.6 is 23.8 Å². The topological polar surface area (TPSA) is 46.8 Å². The number of nitrogens with zero attached hydrogens (tertiary/aromatic N) is 2. The van der Waals surface area contributed by atoms with Crippen molar-refractivity contribution in [3.63, 3.8) is 0 Å². The van der Waals surface area contributed by atoms with Crippen LogP contribution < -0.4 is 0 Å². The van der Waals surface area contributed by atoms with Crippen molar-refractivity contribution in [2.45, 2.75) is 18.9 Å². The van der Waals surface area contributed by atoms with Crippen LogP contribution in [0.4, 0.5) is 0 Å². The molecule has 0 saturated heterocycles. The lowest BCUT2D eigenvalue weighted by atomic mass is 10.3. The molecule has 4 nitrogen and oxygen atoms in total. The molecule has 0 atom stereocenters. The Morgan fingerprint density at radius 3 is 3.00 bits per heavy atom. The zero-order valence-electron chi connectivity index (χ0n) is 7.74. The summed E-state index contributed by atoms with van der Waals surface area (Å²) < 4.78 is 7.70. The number of furan rings is 1. The Kier molecular flexibility index (Phi) is 1.97. The molecule has 1 aliphatic carbocycles. The molecule has 1 aliphatic rings. The van der Waals surface area contributed by atoms with Crippen molar-refractivity contribution in [3.8, 4) is 11.4 Å². The lowest BCUT2D eigenvalue weighted by Gasteiger charge is -2.02. The molecule has 1 N–H and O–H groups in total. The summed E-state index contributed by atoms with van der Waals surface area (Å²) >= 11 is 11.1. The Labute approximate surface area is 95.9 Å². The minimum atomic E-state index is 0.353. The van der Waals surface area contributed by atoms with Gasteiger partial charge >= 0.3 is 0 Å². The van der Waals surface area contributed by atoms with Gasteiger partial charge in [-0.25, -0.2) is 0 Å². The number of hydrogen-bond acceptors (Lipinski definition) is 3. The Hall–Kier alpha value is -1.07. The fourth-order valence-corrected chi connectivity index (χ4v) is 2.10. The maximum absolute atomic E-state index is 5.91. The van der Waals surface area contributed by atoms with Crippen molar-refractivity contribution in [1.29, 1.82) is 0 Å². The molecule has 78 valence electrons. The Balaban J connectivity index is 2.20. The number of aromatic nitrogens is 3. The van der Waals surface area contributed by atoms with Crippen molar-refractivity contribution in [3.05, 3.63) is 22.3 Å². The van der Waals surface area contributed by atoms with Crippen LogP contribution in [0.15, 0.2) is 16.7 Å². The Morgan fingerprint density at radius 2 is 2.40 bits per heavy atom. The van der Waals surface area contributed by atoms with E-state index in [1.54, 1.807) is 12.3 Å². The standard InChI is InChI=1S/C9H8ClN3OS/c10-7-6(3-4-14-7)8-11-12-9(15)13(8)5-1-2-5/h3-5H,1-2H2,(H,12,15). The molecule has 2 aromatic heterocycles. The van der Waals surface area contributed by atoms with Crippen molar-refractivity contribution in [2.24, 2.45) is 0 Å². The molecule has 0 unspecified atom stereocenters. The van der Waals surface area contributed by atoms with E-state index in [9.17, 15) is 0 Å². The molecule has 6 heteroatoms. The molecule has 3 rings (SSSR count). The first-order chi connectivity index (χ1) is 7.27. The van der Waals surface area contributed by atoms with E-state index in [-0.39, 0.29) is 0 Å². The number of H-pyrrole nitrogens is 1. The average Bonchev–Trinajstić information content (AvgIpc) is 2.85. The first kappa shape index (κ1) is 9.18. The summed E-state index contributed by atoms with van der Waals surface area (Å²) in [6, 6.07) is 2.27. The van der Waals surface area contributed by atoms with Crippen molar-refractivity contribution in [2.75, 3.05) is 0 Å². The highest BCUT2D eigenvalue weighted by Crippen LogP contribution is 2.39. The highest BCUT2D eigenvalue weighted by atomic mass is 35.5. The van der Waals surface area contributed by atoms with E-state index in [0.717, 1.165) is 24.2 Å². The van der Waals surface area contributed by atoms with E-state index in [4.69, 9.17) is 28.2 Å². The van der Waals surface area contributed by atoms with Crippen LogP contribution in [0, 0.1) is 4.77 Å². The number of hydrogen-bond donors (Lipinski definition) is 1. The monoisotopic (exact) mass is 241 g/mol. The average molecular weight is 242 g/mol. The first-order valence-corrected chi connectivity index (χ1v) is 5.46. The zero-order valence-corrected chi connectivity index (χ0v) is 9.31. The zero-order chi connectivity index (χ0) is 10.4. The van der Waals surface area contributed by atoms with Gasteiger partial charge < -0.3 is 4.42 Å². The molecule has 1 fully saturated rings. The second-order valence-corrected chi connectivity index (χ2v) is 4.29. The predicted molar refractivity (Wildman–Crippen MR) is 58.4 cm³/mol. The van der Waals surface area contributed by atoms with E-state index in [1.807, 2.05) is 4.57 Å². The van der Waals surface area contributed by atoms with Crippen molar-refractivity contribution >= 4 is 23.8 Å². The minimum absolute atomic E-state index is 0.353. The summed E-state index contributed by atoms with van der Waals surface area (Å²) in [6.07, 6.45) is 3.85. The molecule has 0 amide bonds. The molecule has 15 heavy (non-hydrogen) atoms. The lowest BCUT2D eigenvalue weighted by Crippen LogP contribution is -1.96. The summed E-state index contributed by atoms with van der Waals surface area (Å²) in [6.45, 7) is 0. The van der Waals surface area contributed by atoms with Gasteiger partial charge in [-0.2, -0.15) is 5.10 Å². The number of nitrogens with one attached hydrogen (secondary N) is 1. The van der Waals surface area contributed by atoms with Gasteiger partial charge in [-0.05, 0) is 42.7 Å². The first-order valence-electron chi connectivity index (χ1n) is 4.67. The van der Waals surface area contributed by atoms with Gasteiger partial charge in [0, 0.05) is 6.04 Å². The summed E-state index contributed by atoms with van der Waals surface area (Å²) in [5.74, 6) is 0.765. The molecule has 0 bridgehead atoms. The Bertz CT molecular complexity index is 552. The molecular formula is C9H8ClN3OS. The normalized spacial score (nSPS) is 15.8. The molecule has 0 aliphatic heterocycles. The van der Waals surface area contributed by atoms with Crippen molar-refractivity contribution in [1.82, 2.24) is 14.8 Å². The van der Waals surface area contributed by atoms with Gasteiger partial charge in [0.2, 0.25) is 5.22 Å². The van der Waals surface area contributed by atoms with Crippen LogP contribution in [-0.2, 0) is 0 Å². The Morgan fingerprint density at radius 1 is 1.60 bits per heavy atom. The SMILES string of the molecule is S=c1[nH]nc(-c2ccoc2Cl)n1C1CC1. The predicted octanol–water partition coefficient (Wildman–Crippen LogP) is 3.19. The van der Waals surface area contributed by atoms with Crippen LogP contribution in [0.3, 0.4) is 0 Å². The maximum atomic E-state index is 5.91. The molecular weight excluding hydrogens is 234 g/mol. The van der Waals surface area contributed by atoms with Crippen LogP contribution in [0.2, 0.25) is 5.22 Å². The van der Waals surface area contributed by atoms with Gasteiger partial charge in [0.1, 0.15) is 0 Å². The van der Waals surface area contributed by atoms with Gasteiger partial charge in [0.25, 0.3) is 0 Å². The molecule has 0 spiro atoms. The molecule has 0 aromatic carbocycles. The van der Waals surface area contributed by atoms with Crippen LogP contribution in [0.1, 0.15) is 18.9 Å². The molecule has 2 heterocycles. The summed E-state index contributed by atoms with van der Waals surface area (Å²) in [5.41, 5.74) is 0.788. The highest BCUT2D eigenvalue weighted by Gasteiger charge is 2.28. The molecule has 2 aromatic rings. The molecule has 0 radical (unpaired) electrons. The number of aromatic amines is 1. The number of rotatable bonds is 2. The number of halogens is 1. The summed E-state index contributed by atoms with van der Waals surface area (Å²) in [7, 11) is 0. The second-order valence-electron chi connectivity index (χ2n) is 3.56. The van der Waals surface area contributed by atoms with Crippen LogP contribution in [0.25, 0.3) is 11.4 Å². The van der Waals surface area contributed by atoms with E-state index >= 15 is 0 Å². The van der Waals surface area contributed by atoms with Crippen molar-refractivity contribution < 1.29 is 4.42 Å². The second kappa shape index (κ2) is 3.21. The summed E-state index contributed by atoms with van der Waals surface area (Å²) in [5, 5.41) is 7.32. The highest BCUT2D eigenvalue weighted by molar-refractivity contribution is 7.71. The van der Waals surface area contributed by atoms with Gasteiger partial charge in [-0.15, -0.1) is 0 Å². The van der Waals surface area contributed by atoms with Crippen LogP contribution in [-0.4, -0.2) is 14.8 Å². The van der Waals surface area contributed by atoms with Gasteiger partial charge in [-0.3, -0.25) is 9.67 Å². The van der Waals surface area contributed by atoms with E-state index in [2.05, 4.69) is 10.2 Å². The van der Waals surface area contributed by atoms with Gasteiger partial charge in [-0.1, -0.05) is 0 Å². The largest absolute Gasteiger partial charge is 0.452 e. The fourth-order valence-electron chi connectivity index (χ4n) is 1.62. The van der Waals surface area contributed by atoms with E-state index in [0.29, 0.717) is 16.0 Å². The third-order valence-electron chi connectivity index (χ3n) is 2.48. The quantitative estimate of drug-likeness (QED) is 0.822. The maximum Gasteiger partial charge on any atom is 0.204 e. The summed E-state index contributed by atoms with van der Waals surface area (Å²) in [4.78, 5) is 0. The third kappa shape index (κ3) is 1.42. The minimum Gasteiger partial charge on any atom is -0.452 e. The fraction of sp³-hybridized carbons (Fsp3) is 0.333. The van der Waals surface area contributed by atoms with Crippen LogP contribution in [0.5, 0.6) is 0 Å². The van der Waals surface area contributed by atoms with E-state index in [1.165, 1.54) is 0 Å². The smallest absolute Gasteiger partial charge is 0.204 e. The third-order valence-corrected chi connectivity index (χ3v) is 3.06.